The molecule has 4 nitrogen and oxygen atoms in total. The first-order chi connectivity index (χ1) is 11.9. The fourth-order valence-electron chi connectivity index (χ4n) is 2.28. The standard InChI is InChI=1S/C19H19FO4S/c1-3-24-19(21)17(20)13-18(15-7-5-4-6-8-15)25(22,23)16-11-9-14(2)10-12-16/h4-13,18H,3H2,1-2H3/b17-13-. The number of carbonyl (C=O) groups excluding carboxylic acids is 1. The second-order valence-electron chi connectivity index (χ2n) is 5.42. The number of esters is 1. The minimum absolute atomic E-state index is 0.000803. The molecule has 2 aromatic rings. The number of carbonyl (C=O) groups is 1. The van der Waals surface area contributed by atoms with Crippen molar-refractivity contribution in [3.63, 3.8) is 0 Å². The third-order valence-corrected chi connectivity index (χ3v) is 5.59. The zero-order valence-electron chi connectivity index (χ0n) is 14.0. The van der Waals surface area contributed by atoms with Gasteiger partial charge in [-0.15, -0.1) is 0 Å². The van der Waals surface area contributed by atoms with Crippen molar-refractivity contribution >= 4 is 15.8 Å². The number of ether oxygens (including phenoxy) is 1. The van der Waals surface area contributed by atoms with Crippen molar-refractivity contribution in [2.75, 3.05) is 6.61 Å². The highest BCUT2D eigenvalue weighted by Crippen LogP contribution is 2.31. The van der Waals surface area contributed by atoms with E-state index < -0.39 is 26.9 Å². The van der Waals surface area contributed by atoms with E-state index in [-0.39, 0.29) is 11.5 Å². The molecule has 0 bridgehead atoms. The lowest BCUT2D eigenvalue weighted by molar-refractivity contribution is -0.140. The smallest absolute Gasteiger partial charge is 0.366 e. The van der Waals surface area contributed by atoms with Crippen molar-refractivity contribution in [1.29, 1.82) is 0 Å². The van der Waals surface area contributed by atoms with E-state index >= 15 is 0 Å². The van der Waals surface area contributed by atoms with Crippen molar-refractivity contribution in [3.05, 3.63) is 77.6 Å². The molecule has 2 aromatic carbocycles. The molecule has 0 aliphatic carbocycles. The summed E-state index contributed by atoms with van der Waals surface area (Å²) in [5, 5.41) is -1.33. The Morgan fingerprint density at radius 1 is 1.12 bits per heavy atom. The average molecular weight is 362 g/mol. The van der Waals surface area contributed by atoms with E-state index in [9.17, 15) is 17.6 Å². The van der Waals surface area contributed by atoms with Gasteiger partial charge >= 0.3 is 5.97 Å². The van der Waals surface area contributed by atoms with Gasteiger partial charge in [0.2, 0.25) is 5.83 Å². The second-order valence-corrected chi connectivity index (χ2v) is 7.49. The predicted molar refractivity (Wildman–Crippen MR) is 93.4 cm³/mol. The Labute approximate surface area is 146 Å². The Kier molecular flexibility index (Phi) is 6.09. The third-order valence-electron chi connectivity index (χ3n) is 3.58. The van der Waals surface area contributed by atoms with Crippen molar-refractivity contribution < 1.29 is 22.3 Å². The highest BCUT2D eigenvalue weighted by molar-refractivity contribution is 7.91. The highest BCUT2D eigenvalue weighted by Gasteiger charge is 2.29. The van der Waals surface area contributed by atoms with E-state index in [1.165, 1.54) is 12.1 Å². The molecule has 1 atom stereocenters. The van der Waals surface area contributed by atoms with Crippen molar-refractivity contribution in [2.45, 2.75) is 24.0 Å². The van der Waals surface area contributed by atoms with Crippen LogP contribution in [-0.2, 0) is 19.4 Å². The normalized spacial score (nSPS) is 13.3. The van der Waals surface area contributed by atoms with Crippen molar-refractivity contribution in [3.8, 4) is 0 Å². The van der Waals surface area contributed by atoms with Gasteiger partial charge in [0.25, 0.3) is 0 Å². The molecule has 0 N–H and O–H groups in total. The molecule has 2 rings (SSSR count). The minimum atomic E-state index is -3.94. The van der Waals surface area contributed by atoms with E-state index in [2.05, 4.69) is 4.74 Å². The molecule has 1 unspecified atom stereocenters. The first-order valence-electron chi connectivity index (χ1n) is 7.76. The van der Waals surface area contributed by atoms with Crippen LogP contribution in [0.3, 0.4) is 0 Å². The molecule has 0 amide bonds. The van der Waals surface area contributed by atoms with Gasteiger partial charge in [-0.1, -0.05) is 48.0 Å². The maximum Gasteiger partial charge on any atom is 0.366 e. The van der Waals surface area contributed by atoms with Crippen LogP contribution < -0.4 is 0 Å². The Morgan fingerprint density at radius 3 is 2.28 bits per heavy atom. The SMILES string of the molecule is CCOC(=O)/C(F)=C/C(c1ccccc1)S(=O)(=O)c1ccc(C)cc1. The van der Waals surface area contributed by atoms with Crippen molar-refractivity contribution in [1.82, 2.24) is 0 Å². The molecule has 0 fully saturated rings. The van der Waals surface area contributed by atoms with Crippen molar-refractivity contribution in [2.24, 2.45) is 0 Å². The fourth-order valence-corrected chi connectivity index (χ4v) is 3.91. The third kappa shape index (κ3) is 4.54. The summed E-state index contributed by atoms with van der Waals surface area (Å²) in [6.45, 7) is 3.38. The first kappa shape index (κ1) is 18.9. The fraction of sp³-hybridized carbons (Fsp3) is 0.211. The molecule has 0 saturated heterocycles. The van der Waals surface area contributed by atoms with E-state index in [4.69, 9.17) is 0 Å². The van der Waals surface area contributed by atoms with Gasteiger partial charge in [0.1, 0.15) is 5.25 Å². The number of sulfone groups is 1. The summed E-state index contributed by atoms with van der Waals surface area (Å²) in [6.07, 6.45) is 0.794. The average Bonchev–Trinajstić information content (AvgIpc) is 2.60. The molecule has 0 heterocycles. The van der Waals surface area contributed by atoms with Gasteiger partial charge in [-0.25, -0.2) is 13.2 Å². The Morgan fingerprint density at radius 2 is 1.72 bits per heavy atom. The lowest BCUT2D eigenvalue weighted by Crippen LogP contribution is -2.14. The topological polar surface area (TPSA) is 60.4 Å². The van der Waals surface area contributed by atoms with Crippen LogP contribution in [0.15, 0.2) is 71.4 Å². The number of rotatable bonds is 6. The van der Waals surface area contributed by atoms with Gasteiger partial charge < -0.3 is 4.74 Å². The summed E-state index contributed by atoms with van der Waals surface area (Å²) in [7, 11) is -3.94. The molecule has 0 aliphatic rings. The summed E-state index contributed by atoms with van der Waals surface area (Å²) in [5.74, 6) is -2.41. The predicted octanol–water partition coefficient (Wildman–Crippen LogP) is 3.93. The summed E-state index contributed by atoms with van der Waals surface area (Å²) in [4.78, 5) is 11.6. The molecule has 25 heavy (non-hydrogen) atoms. The number of hydrogen-bond donors (Lipinski definition) is 0. The van der Waals surface area contributed by atoms with Gasteiger partial charge in [0, 0.05) is 0 Å². The van der Waals surface area contributed by atoms with Gasteiger partial charge in [-0.3, -0.25) is 0 Å². The lowest BCUT2D eigenvalue weighted by Gasteiger charge is -2.15. The van der Waals surface area contributed by atoms with Crippen LogP contribution >= 0.6 is 0 Å². The summed E-state index contributed by atoms with van der Waals surface area (Å²) >= 11 is 0. The van der Waals surface area contributed by atoms with Crippen LogP contribution in [0.5, 0.6) is 0 Å². The molecular formula is C19H19FO4S. The quantitative estimate of drug-likeness (QED) is 0.577. The number of benzene rings is 2. The molecule has 132 valence electrons. The summed E-state index contributed by atoms with van der Waals surface area (Å²) in [6, 6.07) is 14.5. The second kappa shape index (κ2) is 8.07. The first-order valence-corrected chi connectivity index (χ1v) is 9.31. The van der Waals surface area contributed by atoms with E-state index in [1.54, 1.807) is 49.4 Å². The van der Waals surface area contributed by atoms with Crippen LogP contribution in [0.1, 0.15) is 23.3 Å². The van der Waals surface area contributed by atoms with Crippen LogP contribution in [0.25, 0.3) is 0 Å². The molecule has 6 heteroatoms. The minimum Gasteiger partial charge on any atom is -0.461 e. The van der Waals surface area contributed by atoms with Crippen LogP contribution in [0.2, 0.25) is 0 Å². The maximum absolute atomic E-state index is 14.2. The largest absolute Gasteiger partial charge is 0.461 e. The van der Waals surface area contributed by atoms with E-state index in [1.807, 2.05) is 6.92 Å². The Bertz CT molecular complexity index is 856. The molecule has 0 aromatic heterocycles. The molecule has 0 aliphatic heterocycles. The van der Waals surface area contributed by atoms with Crippen LogP contribution in [0.4, 0.5) is 4.39 Å². The molecule has 0 radical (unpaired) electrons. The van der Waals surface area contributed by atoms with Crippen LogP contribution in [-0.4, -0.2) is 21.0 Å². The molecular weight excluding hydrogens is 343 g/mol. The van der Waals surface area contributed by atoms with Gasteiger partial charge in [0.05, 0.1) is 11.5 Å². The van der Waals surface area contributed by atoms with Gasteiger partial charge in [-0.05, 0) is 37.6 Å². The number of halogens is 1. The molecule has 0 saturated carbocycles. The highest BCUT2D eigenvalue weighted by atomic mass is 32.2. The van der Waals surface area contributed by atoms with E-state index in [0.717, 1.165) is 11.6 Å². The maximum atomic E-state index is 14.2. The summed E-state index contributed by atoms with van der Waals surface area (Å²) < 4.78 is 44.7. The zero-order chi connectivity index (χ0) is 18.4. The van der Waals surface area contributed by atoms with Gasteiger partial charge in [0.15, 0.2) is 9.84 Å². The number of aryl methyl sites for hydroxylation is 1. The summed E-state index contributed by atoms with van der Waals surface area (Å²) in [5.41, 5.74) is 1.27. The Balaban J connectivity index is 2.54. The van der Waals surface area contributed by atoms with E-state index in [0.29, 0.717) is 5.56 Å². The monoisotopic (exact) mass is 362 g/mol. The molecule has 0 spiro atoms. The number of hydrogen-bond acceptors (Lipinski definition) is 4. The Hall–Kier alpha value is -2.47. The zero-order valence-corrected chi connectivity index (χ0v) is 14.8. The van der Waals surface area contributed by atoms with Gasteiger partial charge in [-0.2, -0.15) is 4.39 Å². The van der Waals surface area contributed by atoms with Crippen LogP contribution in [0, 0.1) is 6.92 Å². The lowest BCUT2D eigenvalue weighted by atomic mass is 10.1.